The molecule has 1 aromatic rings. The Labute approximate surface area is 107 Å². The van der Waals surface area contributed by atoms with Crippen LogP contribution in [-0.4, -0.2) is 21.3 Å². The van der Waals surface area contributed by atoms with Gasteiger partial charge in [-0.2, -0.15) is 0 Å². The van der Waals surface area contributed by atoms with E-state index in [2.05, 4.69) is 6.92 Å². The topological polar surface area (TPSA) is 77.8 Å². The summed E-state index contributed by atoms with van der Waals surface area (Å²) < 4.78 is 0. The summed E-state index contributed by atoms with van der Waals surface area (Å²) in [7, 11) is 0. The molecule has 0 aliphatic heterocycles. The fourth-order valence-corrected chi connectivity index (χ4v) is 2.14. The third-order valence-corrected chi connectivity index (χ3v) is 3.10. The fraction of sp³-hybridized carbons (Fsp3) is 0.500. The van der Waals surface area contributed by atoms with Gasteiger partial charge < -0.3 is 15.3 Å². The predicted molar refractivity (Wildman–Crippen MR) is 69.3 cm³/mol. The van der Waals surface area contributed by atoms with Crippen molar-refractivity contribution in [1.29, 1.82) is 0 Å². The molecule has 0 fully saturated rings. The lowest BCUT2D eigenvalue weighted by molar-refractivity contribution is 0.0691. The Balaban J connectivity index is 3.25. The molecule has 0 heterocycles. The van der Waals surface area contributed by atoms with Crippen molar-refractivity contribution in [1.82, 2.24) is 0 Å². The van der Waals surface area contributed by atoms with Gasteiger partial charge in [0, 0.05) is 0 Å². The van der Waals surface area contributed by atoms with Gasteiger partial charge in [0.25, 0.3) is 0 Å². The van der Waals surface area contributed by atoms with Crippen molar-refractivity contribution >= 4 is 5.97 Å². The molecule has 1 aromatic carbocycles. The standard InChI is InChI=1S/C14H20O4/c1-3-5-6-7-10-9(4-2)8-11(15)13(16)12(10)14(17)18/h8,15-16H,3-7H2,1-2H3,(H,17,18). The Morgan fingerprint density at radius 2 is 1.89 bits per heavy atom. The van der Waals surface area contributed by atoms with Gasteiger partial charge in [0.15, 0.2) is 11.5 Å². The number of hydrogen-bond donors (Lipinski definition) is 3. The molecule has 0 aromatic heterocycles. The van der Waals surface area contributed by atoms with Crippen LogP contribution >= 0.6 is 0 Å². The van der Waals surface area contributed by atoms with Crippen molar-refractivity contribution in [3.05, 3.63) is 22.8 Å². The molecule has 0 unspecified atom stereocenters. The number of carboxylic acids is 1. The van der Waals surface area contributed by atoms with E-state index in [0.717, 1.165) is 24.8 Å². The van der Waals surface area contributed by atoms with E-state index in [1.54, 1.807) is 0 Å². The Bertz CT molecular complexity index is 438. The first kappa shape index (κ1) is 14.4. The second-order valence-corrected chi connectivity index (χ2v) is 4.37. The highest BCUT2D eigenvalue weighted by molar-refractivity contribution is 5.94. The number of aryl methyl sites for hydroxylation is 1. The van der Waals surface area contributed by atoms with Gasteiger partial charge in [-0.3, -0.25) is 0 Å². The molecule has 0 saturated heterocycles. The fourth-order valence-electron chi connectivity index (χ4n) is 2.14. The van der Waals surface area contributed by atoms with Crippen molar-refractivity contribution in [2.45, 2.75) is 46.0 Å². The largest absolute Gasteiger partial charge is 0.504 e. The maximum absolute atomic E-state index is 11.2. The van der Waals surface area contributed by atoms with Crippen LogP contribution in [0, 0.1) is 0 Å². The molecule has 0 saturated carbocycles. The van der Waals surface area contributed by atoms with Gasteiger partial charge >= 0.3 is 5.97 Å². The molecule has 3 N–H and O–H groups in total. The summed E-state index contributed by atoms with van der Waals surface area (Å²) >= 11 is 0. The zero-order valence-electron chi connectivity index (χ0n) is 10.9. The molecule has 4 nitrogen and oxygen atoms in total. The van der Waals surface area contributed by atoms with Gasteiger partial charge in [-0.15, -0.1) is 0 Å². The molecule has 100 valence electrons. The average molecular weight is 252 g/mol. The second kappa shape index (κ2) is 6.28. The minimum absolute atomic E-state index is 0.150. The average Bonchev–Trinajstić information content (AvgIpc) is 2.33. The maximum Gasteiger partial charge on any atom is 0.339 e. The SMILES string of the molecule is CCCCCc1c(CC)cc(O)c(O)c1C(=O)O. The van der Waals surface area contributed by atoms with E-state index in [9.17, 15) is 20.1 Å². The van der Waals surface area contributed by atoms with Crippen LogP contribution in [0.1, 0.15) is 54.6 Å². The Hall–Kier alpha value is -1.71. The van der Waals surface area contributed by atoms with Gasteiger partial charge in [-0.05, 0) is 36.5 Å². The van der Waals surface area contributed by atoms with Crippen molar-refractivity contribution < 1.29 is 20.1 Å². The molecule has 18 heavy (non-hydrogen) atoms. The summed E-state index contributed by atoms with van der Waals surface area (Å²) in [6.45, 7) is 3.98. The molecular formula is C14H20O4. The number of unbranched alkanes of at least 4 members (excludes halogenated alkanes) is 2. The highest BCUT2D eigenvalue weighted by atomic mass is 16.4. The van der Waals surface area contributed by atoms with E-state index in [4.69, 9.17) is 0 Å². The summed E-state index contributed by atoms with van der Waals surface area (Å²) in [6, 6.07) is 1.46. The zero-order valence-corrected chi connectivity index (χ0v) is 10.9. The smallest absolute Gasteiger partial charge is 0.339 e. The van der Waals surface area contributed by atoms with Gasteiger partial charge in [0.05, 0.1) is 0 Å². The Morgan fingerprint density at radius 1 is 1.22 bits per heavy atom. The van der Waals surface area contributed by atoms with Crippen molar-refractivity contribution in [2.75, 3.05) is 0 Å². The highest BCUT2D eigenvalue weighted by Crippen LogP contribution is 2.35. The van der Waals surface area contributed by atoms with Crippen LogP contribution in [0.5, 0.6) is 11.5 Å². The predicted octanol–water partition coefficient (Wildman–Crippen LogP) is 3.09. The molecule has 0 aliphatic rings. The summed E-state index contributed by atoms with van der Waals surface area (Å²) in [5.74, 6) is -2.07. The molecule has 0 radical (unpaired) electrons. The lowest BCUT2D eigenvalue weighted by Crippen LogP contribution is -2.07. The number of hydrogen-bond acceptors (Lipinski definition) is 3. The van der Waals surface area contributed by atoms with E-state index in [1.165, 1.54) is 6.07 Å². The molecule has 4 heteroatoms. The van der Waals surface area contributed by atoms with Crippen molar-refractivity contribution in [3.8, 4) is 11.5 Å². The number of benzene rings is 1. The minimum Gasteiger partial charge on any atom is -0.504 e. The Kier molecular flexibility index (Phi) is 5.01. The first-order chi connectivity index (χ1) is 8.52. The first-order valence-electron chi connectivity index (χ1n) is 6.32. The van der Waals surface area contributed by atoms with Crippen LogP contribution in [0.3, 0.4) is 0 Å². The zero-order chi connectivity index (χ0) is 13.7. The van der Waals surface area contributed by atoms with Gasteiger partial charge in [0.1, 0.15) is 5.56 Å². The van der Waals surface area contributed by atoms with Crippen LogP contribution < -0.4 is 0 Å². The van der Waals surface area contributed by atoms with E-state index in [1.807, 2.05) is 6.92 Å². The summed E-state index contributed by atoms with van der Waals surface area (Å²) in [5.41, 5.74) is 1.29. The number of aromatic carboxylic acids is 1. The van der Waals surface area contributed by atoms with E-state index >= 15 is 0 Å². The normalized spacial score (nSPS) is 10.6. The molecule has 0 bridgehead atoms. The van der Waals surface area contributed by atoms with Crippen LogP contribution in [0.25, 0.3) is 0 Å². The maximum atomic E-state index is 11.2. The molecular weight excluding hydrogens is 232 g/mol. The second-order valence-electron chi connectivity index (χ2n) is 4.37. The molecule has 0 atom stereocenters. The van der Waals surface area contributed by atoms with E-state index < -0.39 is 11.7 Å². The quantitative estimate of drug-likeness (QED) is 0.537. The number of carboxylic acid groups (broad SMARTS) is 1. The van der Waals surface area contributed by atoms with Crippen LogP contribution in [0.15, 0.2) is 6.07 Å². The summed E-state index contributed by atoms with van der Waals surface area (Å²) in [6.07, 6.45) is 4.20. The molecule has 0 amide bonds. The Morgan fingerprint density at radius 3 is 2.39 bits per heavy atom. The first-order valence-corrected chi connectivity index (χ1v) is 6.32. The lowest BCUT2D eigenvalue weighted by atomic mass is 9.93. The van der Waals surface area contributed by atoms with Crippen LogP contribution in [-0.2, 0) is 12.8 Å². The monoisotopic (exact) mass is 252 g/mol. The van der Waals surface area contributed by atoms with E-state index in [-0.39, 0.29) is 11.3 Å². The highest BCUT2D eigenvalue weighted by Gasteiger charge is 2.21. The molecule has 0 aliphatic carbocycles. The van der Waals surface area contributed by atoms with Crippen LogP contribution in [0.4, 0.5) is 0 Å². The third-order valence-electron chi connectivity index (χ3n) is 3.10. The number of carbonyl (C=O) groups is 1. The summed E-state index contributed by atoms with van der Waals surface area (Å²) in [5, 5.41) is 28.4. The third kappa shape index (κ3) is 2.94. The van der Waals surface area contributed by atoms with Crippen molar-refractivity contribution in [3.63, 3.8) is 0 Å². The number of rotatable bonds is 6. The molecule has 0 spiro atoms. The summed E-state index contributed by atoms with van der Waals surface area (Å²) in [4.78, 5) is 11.2. The van der Waals surface area contributed by atoms with Gasteiger partial charge in [-0.25, -0.2) is 4.79 Å². The van der Waals surface area contributed by atoms with Crippen LogP contribution in [0.2, 0.25) is 0 Å². The van der Waals surface area contributed by atoms with E-state index in [0.29, 0.717) is 18.4 Å². The van der Waals surface area contributed by atoms with Gasteiger partial charge in [0.2, 0.25) is 0 Å². The number of phenolic OH excluding ortho intramolecular Hbond substituents is 1. The van der Waals surface area contributed by atoms with Gasteiger partial charge in [-0.1, -0.05) is 26.7 Å². The lowest BCUT2D eigenvalue weighted by Gasteiger charge is -2.14. The molecule has 1 rings (SSSR count). The number of phenols is 2. The number of aromatic hydroxyl groups is 2. The minimum atomic E-state index is -1.19. The van der Waals surface area contributed by atoms with Crippen molar-refractivity contribution in [2.24, 2.45) is 0 Å².